The van der Waals surface area contributed by atoms with E-state index in [4.69, 9.17) is 0 Å². The Morgan fingerprint density at radius 3 is 2.05 bits per heavy atom. The highest BCUT2D eigenvalue weighted by molar-refractivity contribution is 14.1. The molecule has 0 spiro atoms. The fraction of sp³-hybridized carbons (Fsp3) is 0.824. The second kappa shape index (κ2) is 9.11. The van der Waals surface area contributed by atoms with Crippen molar-refractivity contribution in [1.29, 1.82) is 0 Å². The molecular weight excluding hydrogens is 378 g/mol. The second-order valence-electron chi connectivity index (χ2n) is 6.41. The molecule has 0 saturated heterocycles. The summed E-state index contributed by atoms with van der Waals surface area (Å²) in [5.74, 6) is -0.194. The van der Waals surface area contributed by atoms with Gasteiger partial charge in [0.2, 0.25) is 5.95 Å². The monoisotopic (exact) mass is 408 g/mol. The topological polar surface area (TPSA) is 17.8 Å². The number of halogens is 2. The molecule has 1 aromatic rings. The Hall–Kier alpha value is -0.130. The molecule has 0 aliphatic heterocycles. The van der Waals surface area contributed by atoms with Gasteiger partial charge in [-0.05, 0) is 35.4 Å². The molecule has 0 aliphatic carbocycles. The number of aryl methyl sites for hydroxylation is 1. The van der Waals surface area contributed by atoms with Crippen LogP contribution in [0, 0.1) is 9.52 Å². The third-order valence-electron chi connectivity index (χ3n) is 4.41. The van der Waals surface area contributed by atoms with E-state index in [-0.39, 0.29) is 11.4 Å². The standard InChI is InChI=1S/C17H30FIN2/c1-5-7-9-11-13-17(3,12-10-8-6-2)15-14(19)16(18)21(4)20-15/h5-13H2,1-4H3. The van der Waals surface area contributed by atoms with Crippen LogP contribution in [0.3, 0.4) is 0 Å². The molecule has 0 aliphatic rings. The van der Waals surface area contributed by atoms with Crippen LogP contribution in [0.2, 0.25) is 0 Å². The van der Waals surface area contributed by atoms with E-state index in [9.17, 15) is 4.39 Å². The lowest BCUT2D eigenvalue weighted by Crippen LogP contribution is -2.24. The van der Waals surface area contributed by atoms with Gasteiger partial charge in [-0.25, -0.2) is 4.68 Å². The zero-order chi connectivity index (χ0) is 15.9. The summed E-state index contributed by atoms with van der Waals surface area (Å²) in [4.78, 5) is 0. The minimum Gasteiger partial charge on any atom is -0.242 e. The predicted molar refractivity (Wildman–Crippen MR) is 96.1 cm³/mol. The zero-order valence-electron chi connectivity index (χ0n) is 14.0. The molecule has 0 amide bonds. The largest absolute Gasteiger partial charge is 0.242 e. The van der Waals surface area contributed by atoms with Gasteiger partial charge in [-0.2, -0.15) is 9.49 Å². The van der Waals surface area contributed by atoms with Gasteiger partial charge in [-0.1, -0.05) is 65.7 Å². The van der Waals surface area contributed by atoms with Crippen molar-refractivity contribution < 1.29 is 4.39 Å². The molecular formula is C17H30FIN2. The molecule has 0 fully saturated rings. The average molecular weight is 408 g/mol. The summed E-state index contributed by atoms with van der Waals surface area (Å²) in [6.45, 7) is 6.73. The molecule has 0 aromatic carbocycles. The van der Waals surface area contributed by atoms with Crippen LogP contribution in [0.1, 0.15) is 84.3 Å². The maximum absolute atomic E-state index is 14.0. The Morgan fingerprint density at radius 2 is 1.57 bits per heavy atom. The van der Waals surface area contributed by atoms with Gasteiger partial charge >= 0.3 is 0 Å². The summed E-state index contributed by atoms with van der Waals surface area (Å²) < 4.78 is 16.1. The maximum atomic E-state index is 14.0. The smallest absolute Gasteiger partial charge is 0.224 e. The molecule has 4 heteroatoms. The first kappa shape index (κ1) is 18.9. The predicted octanol–water partition coefficient (Wildman–Crippen LogP) is 5.97. The van der Waals surface area contributed by atoms with Crippen molar-refractivity contribution in [3.8, 4) is 0 Å². The SMILES string of the molecule is CCCCCCC(C)(CCCCC)c1nn(C)c(F)c1I. The minimum absolute atomic E-state index is 0.0154. The van der Waals surface area contributed by atoms with Crippen molar-refractivity contribution in [2.24, 2.45) is 7.05 Å². The van der Waals surface area contributed by atoms with E-state index < -0.39 is 0 Å². The lowest BCUT2D eigenvalue weighted by molar-refractivity contribution is 0.352. The van der Waals surface area contributed by atoms with Gasteiger partial charge in [0.15, 0.2) is 0 Å². The van der Waals surface area contributed by atoms with Crippen LogP contribution in [0.15, 0.2) is 0 Å². The normalized spacial score (nSPS) is 14.4. The first-order valence-electron chi connectivity index (χ1n) is 8.34. The van der Waals surface area contributed by atoms with Gasteiger partial charge in [0.1, 0.15) is 0 Å². The van der Waals surface area contributed by atoms with Crippen LogP contribution >= 0.6 is 22.6 Å². The van der Waals surface area contributed by atoms with E-state index in [1.807, 2.05) is 0 Å². The number of rotatable bonds is 10. The molecule has 21 heavy (non-hydrogen) atoms. The summed E-state index contributed by atoms with van der Waals surface area (Å²) in [7, 11) is 1.70. The van der Waals surface area contributed by atoms with Crippen molar-refractivity contribution in [3.63, 3.8) is 0 Å². The molecule has 1 unspecified atom stereocenters. The van der Waals surface area contributed by atoms with Gasteiger partial charge in [0, 0.05) is 12.5 Å². The molecule has 0 N–H and O–H groups in total. The third-order valence-corrected chi connectivity index (χ3v) is 5.37. The summed E-state index contributed by atoms with van der Waals surface area (Å²) in [5, 5.41) is 4.49. The Kier molecular flexibility index (Phi) is 8.21. The highest BCUT2D eigenvalue weighted by Crippen LogP contribution is 2.37. The van der Waals surface area contributed by atoms with Crippen LogP contribution in [0.25, 0.3) is 0 Å². The van der Waals surface area contributed by atoms with E-state index in [1.165, 1.54) is 49.6 Å². The number of hydrogen-bond acceptors (Lipinski definition) is 1. The van der Waals surface area contributed by atoms with Crippen LogP contribution in [0.4, 0.5) is 4.39 Å². The van der Waals surface area contributed by atoms with E-state index in [1.54, 1.807) is 7.05 Å². The van der Waals surface area contributed by atoms with E-state index in [2.05, 4.69) is 48.5 Å². The second-order valence-corrected chi connectivity index (χ2v) is 7.48. The number of aromatic nitrogens is 2. The fourth-order valence-electron chi connectivity index (χ4n) is 2.93. The molecule has 1 heterocycles. The van der Waals surface area contributed by atoms with Gasteiger partial charge in [0.05, 0.1) is 9.26 Å². The van der Waals surface area contributed by atoms with Crippen molar-refractivity contribution >= 4 is 22.6 Å². The Labute approximate surface area is 143 Å². The Bertz CT molecular complexity index is 431. The van der Waals surface area contributed by atoms with Crippen molar-refractivity contribution in [1.82, 2.24) is 9.78 Å². The molecule has 122 valence electrons. The molecule has 2 nitrogen and oxygen atoms in total. The maximum Gasteiger partial charge on any atom is 0.224 e. The molecule has 1 atom stereocenters. The third kappa shape index (κ3) is 5.22. The lowest BCUT2D eigenvalue weighted by atomic mass is 9.77. The van der Waals surface area contributed by atoms with E-state index in [0.29, 0.717) is 3.57 Å². The van der Waals surface area contributed by atoms with Gasteiger partial charge in [-0.15, -0.1) is 0 Å². The number of nitrogens with zero attached hydrogens (tertiary/aromatic N) is 2. The van der Waals surface area contributed by atoms with Crippen molar-refractivity contribution in [2.45, 2.75) is 84.0 Å². The van der Waals surface area contributed by atoms with Crippen LogP contribution < -0.4 is 0 Å². The number of unbranched alkanes of at least 4 members (excludes halogenated alkanes) is 5. The van der Waals surface area contributed by atoms with E-state index >= 15 is 0 Å². The fourth-order valence-corrected chi connectivity index (χ4v) is 4.04. The summed E-state index contributed by atoms with van der Waals surface area (Å²) in [6.07, 6.45) is 10.9. The minimum atomic E-state index is -0.194. The average Bonchev–Trinajstić information content (AvgIpc) is 2.72. The Morgan fingerprint density at radius 1 is 1.05 bits per heavy atom. The highest BCUT2D eigenvalue weighted by atomic mass is 127. The number of hydrogen-bond donors (Lipinski definition) is 0. The highest BCUT2D eigenvalue weighted by Gasteiger charge is 2.32. The first-order valence-corrected chi connectivity index (χ1v) is 9.42. The first-order chi connectivity index (χ1) is 9.96. The lowest BCUT2D eigenvalue weighted by Gasteiger charge is -2.28. The van der Waals surface area contributed by atoms with Crippen molar-refractivity contribution in [2.75, 3.05) is 0 Å². The summed E-state index contributed by atoms with van der Waals surface area (Å²) >= 11 is 2.12. The van der Waals surface area contributed by atoms with Crippen molar-refractivity contribution in [3.05, 3.63) is 15.2 Å². The summed E-state index contributed by atoms with van der Waals surface area (Å²) in [6, 6.07) is 0. The molecule has 0 saturated carbocycles. The van der Waals surface area contributed by atoms with Gasteiger partial charge in [-0.3, -0.25) is 0 Å². The van der Waals surface area contributed by atoms with E-state index in [0.717, 1.165) is 18.5 Å². The van der Waals surface area contributed by atoms with Gasteiger partial charge in [0.25, 0.3) is 0 Å². The molecule has 0 radical (unpaired) electrons. The zero-order valence-corrected chi connectivity index (χ0v) is 16.2. The molecule has 1 rings (SSSR count). The molecule has 0 bridgehead atoms. The molecule has 1 aromatic heterocycles. The van der Waals surface area contributed by atoms with Gasteiger partial charge < -0.3 is 0 Å². The van der Waals surface area contributed by atoms with Crippen LogP contribution in [0.5, 0.6) is 0 Å². The van der Waals surface area contributed by atoms with Crippen LogP contribution in [-0.4, -0.2) is 9.78 Å². The Balaban J connectivity index is 2.86. The quantitative estimate of drug-likeness (QED) is 0.344. The summed E-state index contributed by atoms with van der Waals surface area (Å²) in [5.41, 5.74) is 0.984. The van der Waals surface area contributed by atoms with Crippen LogP contribution in [-0.2, 0) is 12.5 Å².